The molecule has 1 N–H and O–H groups in total. The van der Waals surface area contributed by atoms with Crippen LogP contribution in [-0.4, -0.2) is 22.7 Å². The molecule has 0 aliphatic carbocycles. The fraction of sp³-hybridized carbons (Fsp3) is 0.208. The number of thioether (sulfide) groups is 1. The smallest absolute Gasteiger partial charge is 0.261 e. The van der Waals surface area contributed by atoms with Crippen LogP contribution in [0.4, 0.5) is 5.13 Å². The standard InChI is InChI=1S/C24H23N3O2S2/c1-2-3-15-29-21-14-7-6-13-20(21)22(28)25-23-26-27-24(31-23)30-16-18-11-8-10-17-9-4-5-12-19(17)18/h4-14H,2-3,15-16H2,1H3,(H,25,26,28). The summed E-state index contributed by atoms with van der Waals surface area (Å²) in [6, 6.07) is 21.9. The van der Waals surface area contributed by atoms with Crippen molar-refractivity contribution >= 4 is 44.9 Å². The summed E-state index contributed by atoms with van der Waals surface area (Å²) >= 11 is 2.99. The van der Waals surface area contributed by atoms with Gasteiger partial charge in [-0.15, -0.1) is 10.2 Å². The van der Waals surface area contributed by atoms with E-state index in [2.05, 4.69) is 58.8 Å². The van der Waals surface area contributed by atoms with Crippen LogP contribution in [0.3, 0.4) is 0 Å². The molecule has 0 spiro atoms. The van der Waals surface area contributed by atoms with Crippen molar-refractivity contribution in [1.29, 1.82) is 0 Å². The first-order chi connectivity index (χ1) is 15.2. The van der Waals surface area contributed by atoms with Crippen molar-refractivity contribution in [2.45, 2.75) is 29.9 Å². The lowest BCUT2D eigenvalue weighted by Gasteiger charge is -2.10. The van der Waals surface area contributed by atoms with Gasteiger partial charge in [0.1, 0.15) is 5.75 Å². The summed E-state index contributed by atoms with van der Waals surface area (Å²) in [6.45, 7) is 2.70. The fourth-order valence-corrected chi connectivity index (χ4v) is 4.90. The SMILES string of the molecule is CCCCOc1ccccc1C(=O)Nc1nnc(SCc2cccc3ccccc23)s1. The number of nitrogens with zero attached hydrogens (tertiary/aromatic N) is 2. The van der Waals surface area contributed by atoms with E-state index >= 15 is 0 Å². The molecular weight excluding hydrogens is 426 g/mol. The lowest BCUT2D eigenvalue weighted by Crippen LogP contribution is -2.13. The Labute approximate surface area is 189 Å². The first-order valence-electron chi connectivity index (χ1n) is 10.2. The molecule has 31 heavy (non-hydrogen) atoms. The van der Waals surface area contributed by atoms with Gasteiger partial charge in [-0.2, -0.15) is 0 Å². The molecule has 0 aliphatic rings. The third-order valence-corrected chi connectivity index (χ3v) is 6.77. The van der Waals surface area contributed by atoms with E-state index in [1.807, 2.05) is 24.3 Å². The number of unbranched alkanes of at least 4 members (excludes halogenated alkanes) is 1. The van der Waals surface area contributed by atoms with Crippen LogP contribution in [0.25, 0.3) is 10.8 Å². The summed E-state index contributed by atoms with van der Waals surface area (Å²) in [7, 11) is 0. The minimum Gasteiger partial charge on any atom is -0.493 e. The average Bonchev–Trinajstić information content (AvgIpc) is 3.25. The third-order valence-electron chi connectivity index (χ3n) is 4.75. The van der Waals surface area contributed by atoms with Crippen LogP contribution in [0.15, 0.2) is 71.1 Å². The molecule has 0 bridgehead atoms. The molecule has 0 fully saturated rings. The van der Waals surface area contributed by atoms with E-state index < -0.39 is 0 Å². The molecule has 4 aromatic rings. The number of benzene rings is 3. The van der Waals surface area contributed by atoms with Crippen LogP contribution < -0.4 is 10.1 Å². The van der Waals surface area contributed by atoms with Gasteiger partial charge in [0.25, 0.3) is 5.91 Å². The van der Waals surface area contributed by atoms with Crippen molar-refractivity contribution in [3.8, 4) is 5.75 Å². The molecule has 158 valence electrons. The summed E-state index contributed by atoms with van der Waals surface area (Å²) in [5, 5.41) is 14.2. The molecule has 3 aromatic carbocycles. The zero-order valence-electron chi connectivity index (χ0n) is 17.2. The lowest BCUT2D eigenvalue weighted by atomic mass is 10.1. The largest absolute Gasteiger partial charge is 0.493 e. The highest BCUT2D eigenvalue weighted by Gasteiger charge is 2.15. The van der Waals surface area contributed by atoms with E-state index in [4.69, 9.17) is 4.74 Å². The van der Waals surface area contributed by atoms with Gasteiger partial charge in [-0.1, -0.05) is 91.0 Å². The van der Waals surface area contributed by atoms with Crippen molar-refractivity contribution in [1.82, 2.24) is 10.2 Å². The van der Waals surface area contributed by atoms with Crippen molar-refractivity contribution in [2.24, 2.45) is 0 Å². The molecule has 1 amide bonds. The average molecular weight is 450 g/mol. The molecule has 0 radical (unpaired) electrons. The van der Waals surface area contributed by atoms with Crippen LogP contribution in [0.2, 0.25) is 0 Å². The predicted octanol–water partition coefficient (Wildman–Crippen LogP) is 6.41. The van der Waals surface area contributed by atoms with Gasteiger partial charge < -0.3 is 4.74 Å². The number of hydrogen-bond donors (Lipinski definition) is 1. The maximum atomic E-state index is 12.7. The number of nitrogens with one attached hydrogen (secondary N) is 1. The number of ether oxygens (including phenoxy) is 1. The summed E-state index contributed by atoms with van der Waals surface area (Å²) in [6.07, 6.45) is 1.99. The minimum absolute atomic E-state index is 0.242. The zero-order valence-corrected chi connectivity index (χ0v) is 18.8. The zero-order chi connectivity index (χ0) is 21.5. The van der Waals surface area contributed by atoms with Crippen LogP contribution in [0, 0.1) is 0 Å². The van der Waals surface area contributed by atoms with Gasteiger partial charge >= 0.3 is 0 Å². The second kappa shape index (κ2) is 10.4. The molecule has 5 nitrogen and oxygen atoms in total. The van der Waals surface area contributed by atoms with E-state index in [-0.39, 0.29) is 5.91 Å². The van der Waals surface area contributed by atoms with Crippen LogP contribution >= 0.6 is 23.1 Å². The Morgan fingerprint density at radius 3 is 2.74 bits per heavy atom. The second-order valence-electron chi connectivity index (χ2n) is 6.95. The third kappa shape index (κ3) is 5.42. The topological polar surface area (TPSA) is 64.1 Å². The Morgan fingerprint density at radius 2 is 1.84 bits per heavy atom. The number of fused-ring (bicyclic) bond motifs is 1. The number of amides is 1. The fourth-order valence-electron chi connectivity index (χ4n) is 3.15. The monoisotopic (exact) mass is 449 g/mol. The molecule has 1 aromatic heterocycles. The number of anilines is 1. The predicted molar refractivity (Wildman–Crippen MR) is 128 cm³/mol. The lowest BCUT2D eigenvalue weighted by molar-refractivity contribution is 0.102. The van der Waals surface area contributed by atoms with Crippen molar-refractivity contribution in [3.05, 3.63) is 77.9 Å². The molecule has 1 heterocycles. The molecule has 0 atom stereocenters. The summed E-state index contributed by atoms with van der Waals surface area (Å²) in [5.74, 6) is 1.13. The van der Waals surface area contributed by atoms with E-state index in [1.165, 1.54) is 27.7 Å². The van der Waals surface area contributed by atoms with Crippen LogP contribution in [0.1, 0.15) is 35.7 Å². The van der Waals surface area contributed by atoms with Crippen LogP contribution in [0.5, 0.6) is 5.75 Å². The summed E-state index contributed by atoms with van der Waals surface area (Å²) in [5.41, 5.74) is 1.75. The van der Waals surface area contributed by atoms with E-state index in [0.717, 1.165) is 22.9 Å². The molecule has 0 unspecified atom stereocenters. The number of para-hydroxylation sites is 1. The molecule has 0 saturated heterocycles. The van der Waals surface area contributed by atoms with Gasteiger partial charge in [0.05, 0.1) is 12.2 Å². The molecule has 4 rings (SSSR count). The summed E-state index contributed by atoms with van der Waals surface area (Å²) in [4.78, 5) is 12.7. The summed E-state index contributed by atoms with van der Waals surface area (Å²) < 4.78 is 6.58. The minimum atomic E-state index is -0.242. The van der Waals surface area contributed by atoms with Crippen molar-refractivity contribution < 1.29 is 9.53 Å². The van der Waals surface area contributed by atoms with Gasteiger partial charge in [0.15, 0.2) is 4.34 Å². The van der Waals surface area contributed by atoms with Gasteiger partial charge in [0, 0.05) is 5.75 Å². The number of rotatable bonds is 9. The quantitative estimate of drug-likeness (QED) is 0.182. The van der Waals surface area contributed by atoms with Crippen molar-refractivity contribution in [2.75, 3.05) is 11.9 Å². The molecule has 0 saturated carbocycles. The maximum Gasteiger partial charge on any atom is 0.261 e. The Hall–Kier alpha value is -2.90. The Bertz CT molecular complexity index is 1170. The first kappa shape index (κ1) is 21.3. The Kier molecular flexibility index (Phi) is 7.17. The Balaban J connectivity index is 1.40. The number of aromatic nitrogens is 2. The number of carbonyl (C=O) groups is 1. The number of hydrogen-bond acceptors (Lipinski definition) is 6. The highest BCUT2D eigenvalue weighted by molar-refractivity contribution is 8.00. The molecule has 0 aliphatic heterocycles. The second-order valence-corrected chi connectivity index (χ2v) is 9.15. The van der Waals surface area contributed by atoms with Gasteiger partial charge in [-0.3, -0.25) is 10.1 Å². The molecule has 7 heteroatoms. The van der Waals surface area contributed by atoms with E-state index in [1.54, 1.807) is 17.8 Å². The first-order valence-corrected chi connectivity index (χ1v) is 12.0. The van der Waals surface area contributed by atoms with E-state index in [9.17, 15) is 4.79 Å². The van der Waals surface area contributed by atoms with Gasteiger partial charge in [0.2, 0.25) is 5.13 Å². The normalized spacial score (nSPS) is 10.9. The number of carbonyl (C=O) groups excluding carboxylic acids is 1. The maximum absolute atomic E-state index is 12.7. The molecular formula is C24H23N3O2S2. The van der Waals surface area contributed by atoms with Gasteiger partial charge in [-0.25, -0.2) is 0 Å². The van der Waals surface area contributed by atoms with Crippen molar-refractivity contribution in [3.63, 3.8) is 0 Å². The Morgan fingerprint density at radius 1 is 1.03 bits per heavy atom. The van der Waals surface area contributed by atoms with Crippen LogP contribution in [-0.2, 0) is 5.75 Å². The van der Waals surface area contributed by atoms with Gasteiger partial charge in [-0.05, 0) is 34.9 Å². The highest BCUT2D eigenvalue weighted by Crippen LogP contribution is 2.31. The van der Waals surface area contributed by atoms with E-state index in [0.29, 0.717) is 23.1 Å². The highest BCUT2D eigenvalue weighted by atomic mass is 32.2.